The summed E-state index contributed by atoms with van der Waals surface area (Å²) in [5, 5.41) is 12.0. The topological polar surface area (TPSA) is 90.5 Å². The fourth-order valence-corrected chi connectivity index (χ4v) is 3.32. The van der Waals surface area contributed by atoms with E-state index in [-0.39, 0.29) is 17.2 Å². The highest BCUT2D eigenvalue weighted by Crippen LogP contribution is 2.29. The van der Waals surface area contributed by atoms with E-state index in [4.69, 9.17) is 4.74 Å². The van der Waals surface area contributed by atoms with Crippen LogP contribution in [0.4, 0.5) is 5.69 Å². The number of nitrogens with zero attached hydrogens (tertiary/aromatic N) is 4. The Bertz CT molecular complexity index is 1040. The van der Waals surface area contributed by atoms with Crippen molar-refractivity contribution in [3.8, 4) is 5.75 Å². The second-order valence-electron chi connectivity index (χ2n) is 6.84. The van der Waals surface area contributed by atoms with Crippen LogP contribution in [0.15, 0.2) is 46.2 Å². The van der Waals surface area contributed by atoms with Crippen molar-refractivity contribution in [3.63, 3.8) is 0 Å². The molecule has 3 aromatic rings. The predicted molar refractivity (Wildman–Crippen MR) is 104 cm³/mol. The number of hydrogen-bond acceptors (Lipinski definition) is 6. The van der Waals surface area contributed by atoms with Crippen LogP contribution < -0.4 is 15.7 Å². The molecule has 0 saturated carbocycles. The molecule has 0 radical (unpaired) electrons. The van der Waals surface area contributed by atoms with Crippen LogP contribution in [0, 0.1) is 0 Å². The first-order chi connectivity index (χ1) is 12.8. The summed E-state index contributed by atoms with van der Waals surface area (Å²) in [5.74, 6) is 0.160. The first-order valence-electron chi connectivity index (χ1n) is 8.35. The summed E-state index contributed by atoms with van der Waals surface area (Å²) >= 11 is 1.55. The molecule has 0 aliphatic heterocycles. The predicted octanol–water partition coefficient (Wildman–Crippen LogP) is 2.43. The minimum Gasteiger partial charge on any atom is -0.495 e. The number of fused-ring (bicyclic) bond motifs is 1. The molecule has 0 bridgehead atoms. The van der Waals surface area contributed by atoms with E-state index in [1.807, 2.05) is 6.07 Å². The molecule has 0 fully saturated rings. The zero-order chi connectivity index (χ0) is 19.6. The lowest BCUT2D eigenvalue weighted by Crippen LogP contribution is -2.29. The van der Waals surface area contributed by atoms with E-state index in [0.29, 0.717) is 17.1 Å². The van der Waals surface area contributed by atoms with E-state index in [1.54, 1.807) is 42.1 Å². The molecule has 0 aliphatic rings. The third-order valence-corrected chi connectivity index (χ3v) is 4.54. The molecule has 0 aliphatic carbocycles. The van der Waals surface area contributed by atoms with Crippen molar-refractivity contribution in [1.29, 1.82) is 0 Å². The fraction of sp³-hybridized carbons (Fsp3) is 0.333. The van der Waals surface area contributed by atoms with Crippen molar-refractivity contribution in [1.82, 2.24) is 19.4 Å². The summed E-state index contributed by atoms with van der Waals surface area (Å²) in [5.41, 5.74) is 0.462. The summed E-state index contributed by atoms with van der Waals surface area (Å²) in [6.45, 7) is 5.98. The third kappa shape index (κ3) is 4.48. The number of para-hydroxylation sites is 2. The summed E-state index contributed by atoms with van der Waals surface area (Å²) in [7, 11) is 1.52. The molecule has 2 aromatic heterocycles. The molecule has 142 valence electrons. The van der Waals surface area contributed by atoms with Crippen molar-refractivity contribution >= 4 is 29.0 Å². The zero-order valence-electron chi connectivity index (χ0n) is 15.6. The Hall–Kier alpha value is -2.81. The van der Waals surface area contributed by atoms with Crippen LogP contribution in [0.1, 0.15) is 20.8 Å². The number of benzene rings is 1. The van der Waals surface area contributed by atoms with E-state index in [2.05, 4.69) is 36.3 Å². The lowest BCUT2D eigenvalue weighted by Gasteiger charge is -2.16. The van der Waals surface area contributed by atoms with E-state index in [1.165, 1.54) is 11.6 Å². The van der Waals surface area contributed by atoms with Crippen LogP contribution in [-0.2, 0) is 11.3 Å². The molecule has 2 heterocycles. The summed E-state index contributed by atoms with van der Waals surface area (Å²) in [6, 6.07) is 10.6. The van der Waals surface area contributed by atoms with Crippen LogP contribution in [0.5, 0.6) is 5.75 Å². The van der Waals surface area contributed by atoms with Crippen LogP contribution in [0.3, 0.4) is 0 Å². The average Bonchev–Trinajstić information content (AvgIpc) is 2.89. The number of aromatic nitrogens is 4. The molecule has 0 spiro atoms. The SMILES string of the molecule is COc1ccccc1NC(=O)Cn1nc2ccc(SC(C)(C)C)nn2c1=O. The highest BCUT2D eigenvalue weighted by Gasteiger charge is 2.16. The van der Waals surface area contributed by atoms with Gasteiger partial charge >= 0.3 is 5.69 Å². The molecule has 1 aromatic carbocycles. The smallest absolute Gasteiger partial charge is 0.367 e. The van der Waals surface area contributed by atoms with Gasteiger partial charge in [0.1, 0.15) is 17.3 Å². The van der Waals surface area contributed by atoms with Crippen molar-refractivity contribution < 1.29 is 9.53 Å². The number of amides is 1. The second kappa shape index (κ2) is 7.43. The molecule has 1 N–H and O–H groups in total. The van der Waals surface area contributed by atoms with E-state index in [9.17, 15) is 9.59 Å². The number of anilines is 1. The molecule has 8 nitrogen and oxygen atoms in total. The van der Waals surface area contributed by atoms with Crippen LogP contribution in [0.25, 0.3) is 5.65 Å². The van der Waals surface area contributed by atoms with Gasteiger partial charge in [-0.25, -0.2) is 9.48 Å². The molecule has 9 heteroatoms. The Kier molecular flexibility index (Phi) is 5.22. The van der Waals surface area contributed by atoms with Crippen molar-refractivity contribution in [3.05, 3.63) is 46.9 Å². The molecular formula is C18H21N5O3S. The minimum absolute atomic E-state index is 0.0328. The Balaban J connectivity index is 1.81. The van der Waals surface area contributed by atoms with Gasteiger partial charge in [0.05, 0.1) is 12.8 Å². The number of ether oxygens (including phenoxy) is 1. The lowest BCUT2D eigenvalue weighted by molar-refractivity contribution is -0.117. The van der Waals surface area contributed by atoms with Crippen LogP contribution >= 0.6 is 11.8 Å². The fourth-order valence-electron chi connectivity index (χ4n) is 2.44. The standard InChI is InChI=1S/C18H21N5O3S/c1-18(2,3)27-16-10-9-14-20-22(17(25)23(14)21-16)11-15(24)19-12-7-5-6-8-13(12)26-4/h5-10H,11H2,1-4H3,(H,19,24). The summed E-state index contributed by atoms with van der Waals surface area (Å²) < 4.78 is 7.48. The van der Waals surface area contributed by atoms with E-state index < -0.39 is 5.69 Å². The maximum absolute atomic E-state index is 12.5. The Morgan fingerprint density at radius 3 is 2.63 bits per heavy atom. The quantitative estimate of drug-likeness (QED) is 0.676. The Labute approximate surface area is 160 Å². The van der Waals surface area contributed by atoms with Crippen molar-refractivity contribution in [2.24, 2.45) is 0 Å². The monoisotopic (exact) mass is 387 g/mol. The largest absolute Gasteiger partial charge is 0.495 e. The molecule has 3 rings (SSSR count). The van der Waals surface area contributed by atoms with E-state index in [0.717, 1.165) is 9.71 Å². The number of carbonyl (C=O) groups is 1. The normalized spacial score (nSPS) is 11.6. The summed E-state index contributed by atoms with van der Waals surface area (Å²) in [6.07, 6.45) is 0. The second-order valence-corrected chi connectivity index (χ2v) is 8.69. The lowest BCUT2D eigenvalue weighted by atomic mass is 10.3. The molecule has 0 unspecified atom stereocenters. The van der Waals surface area contributed by atoms with Gasteiger partial charge in [-0.05, 0) is 24.3 Å². The number of hydrogen-bond donors (Lipinski definition) is 1. The van der Waals surface area contributed by atoms with E-state index >= 15 is 0 Å². The van der Waals surface area contributed by atoms with Gasteiger partial charge in [0.25, 0.3) is 0 Å². The highest BCUT2D eigenvalue weighted by molar-refractivity contribution is 8.00. The molecule has 0 atom stereocenters. The molecular weight excluding hydrogens is 366 g/mol. The maximum atomic E-state index is 12.5. The summed E-state index contributed by atoms with van der Waals surface area (Å²) in [4.78, 5) is 24.9. The average molecular weight is 387 g/mol. The number of carbonyl (C=O) groups excluding carboxylic acids is 1. The Morgan fingerprint density at radius 1 is 1.19 bits per heavy atom. The highest BCUT2D eigenvalue weighted by atomic mass is 32.2. The van der Waals surface area contributed by atoms with Gasteiger partial charge in [-0.3, -0.25) is 4.79 Å². The van der Waals surface area contributed by atoms with Gasteiger partial charge in [0.2, 0.25) is 5.91 Å². The molecule has 27 heavy (non-hydrogen) atoms. The maximum Gasteiger partial charge on any atom is 0.367 e. The molecule has 0 saturated heterocycles. The zero-order valence-corrected chi connectivity index (χ0v) is 16.4. The van der Waals surface area contributed by atoms with Crippen molar-refractivity contribution in [2.45, 2.75) is 37.1 Å². The van der Waals surface area contributed by atoms with Gasteiger partial charge in [0.15, 0.2) is 5.65 Å². The third-order valence-electron chi connectivity index (χ3n) is 3.50. The van der Waals surface area contributed by atoms with Gasteiger partial charge in [-0.15, -0.1) is 5.10 Å². The van der Waals surface area contributed by atoms with Gasteiger partial charge < -0.3 is 10.1 Å². The van der Waals surface area contributed by atoms with Gasteiger partial charge in [-0.1, -0.05) is 44.7 Å². The first-order valence-corrected chi connectivity index (χ1v) is 9.17. The number of methoxy groups -OCH3 is 1. The number of rotatable bonds is 5. The number of thioether (sulfide) groups is 1. The minimum atomic E-state index is -0.462. The molecule has 1 amide bonds. The number of nitrogens with one attached hydrogen (secondary N) is 1. The first kappa shape index (κ1) is 19.0. The van der Waals surface area contributed by atoms with Gasteiger partial charge in [-0.2, -0.15) is 9.61 Å². The Morgan fingerprint density at radius 2 is 1.93 bits per heavy atom. The van der Waals surface area contributed by atoms with Gasteiger partial charge in [0, 0.05) is 4.75 Å². The van der Waals surface area contributed by atoms with Crippen LogP contribution in [0.2, 0.25) is 0 Å². The van der Waals surface area contributed by atoms with Crippen molar-refractivity contribution in [2.75, 3.05) is 12.4 Å². The van der Waals surface area contributed by atoms with Crippen LogP contribution in [-0.4, -0.2) is 37.2 Å².